The fourth-order valence-electron chi connectivity index (χ4n) is 13.7. The molecule has 5 heteroatoms. The predicted molar refractivity (Wildman–Crippen MR) is 378 cm³/mol. The van der Waals surface area contributed by atoms with Crippen LogP contribution in [0.3, 0.4) is 0 Å². The molecule has 442 valence electrons. The minimum absolute atomic E-state index is 0.0369. The van der Waals surface area contributed by atoms with Crippen molar-refractivity contribution >= 4 is 89.8 Å². The molecule has 0 N–H and O–H groups in total. The predicted octanol–water partition coefficient (Wildman–Crippen LogP) is 24.3. The minimum Gasteiger partial charge on any atom is -0.455 e. The Morgan fingerprint density at radius 2 is 0.719 bits per heavy atom. The summed E-state index contributed by atoms with van der Waals surface area (Å²) in [6.07, 6.45) is 0. The smallest absolute Gasteiger partial charge is 0.160 e. The molecule has 1 unspecified atom stereocenters. The van der Waals surface area contributed by atoms with Crippen LogP contribution in [0.2, 0.25) is 0 Å². The maximum absolute atomic E-state index is 7.65. The van der Waals surface area contributed by atoms with Crippen LogP contribution in [0.1, 0.15) is 133 Å². The van der Waals surface area contributed by atoms with Crippen LogP contribution in [0.5, 0.6) is 0 Å². The molecule has 11 aromatic carbocycles. The van der Waals surface area contributed by atoms with Crippen molar-refractivity contribution < 1.29 is 8.83 Å². The Morgan fingerprint density at radius 1 is 0.348 bits per heavy atom. The van der Waals surface area contributed by atoms with Crippen molar-refractivity contribution in [1.29, 1.82) is 0 Å². The molecule has 1 aliphatic carbocycles. The minimum atomic E-state index is -0.951. The van der Waals surface area contributed by atoms with E-state index in [1.165, 1.54) is 32.7 Å². The molecule has 0 aliphatic heterocycles. The Hall–Kier alpha value is -9.03. The van der Waals surface area contributed by atoms with Crippen LogP contribution < -0.4 is 9.80 Å². The Labute approximate surface area is 529 Å². The number of nitrogens with zero attached hydrogens (tertiary/aromatic N) is 2. The molecule has 14 rings (SSSR count). The van der Waals surface area contributed by atoms with Gasteiger partial charge in [0.1, 0.15) is 16.7 Å². The molecule has 2 heterocycles. The monoisotopic (exact) mass is 1180 g/mol. The summed E-state index contributed by atoms with van der Waals surface area (Å²) in [4.78, 5) is 6.09. The van der Waals surface area contributed by atoms with Gasteiger partial charge in [0.05, 0.1) is 22.2 Å². The largest absolute Gasteiger partial charge is 0.455 e. The Balaban J connectivity index is 1.14. The van der Waals surface area contributed by atoms with Gasteiger partial charge in [-0.3, -0.25) is 0 Å². The molecule has 0 spiro atoms. The molecule has 4 nitrogen and oxygen atoms in total. The van der Waals surface area contributed by atoms with Crippen molar-refractivity contribution in [3.8, 4) is 11.1 Å². The lowest BCUT2D eigenvalue weighted by Gasteiger charge is -2.36. The highest BCUT2D eigenvalue weighted by Gasteiger charge is 2.51. The van der Waals surface area contributed by atoms with E-state index in [1.807, 2.05) is 11.8 Å². The molecule has 0 fully saturated rings. The molecule has 0 saturated carbocycles. The van der Waals surface area contributed by atoms with E-state index in [0.29, 0.717) is 0 Å². The molecule has 0 amide bonds. The molecule has 1 aliphatic rings. The van der Waals surface area contributed by atoms with Crippen LogP contribution in [-0.4, -0.2) is 0 Å². The number of benzene rings is 11. The summed E-state index contributed by atoms with van der Waals surface area (Å²) in [5.41, 5.74) is 21.6. The van der Waals surface area contributed by atoms with E-state index >= 15 is 0 Å². The van der Waals surface area contributed by atoms with Gasteiger partial charge in [-0.2, -0.15) is 0 Å². The second-order valence-corrected chi connectivity index (χ2v) is 29.6. The van der Waals surface area contributed by atoms with Gasteiger partial charge < -0.3 is 18.6 Å². The third-order valence-electron chi connectivity index (χ3n) is 18.5. The van der Waals surface area contributed by atoms with Crippen molar-refractivity contribution in [2.24, 2.45) is 0 Å². The Morgan fingerprint density at radius 3 is 1.20 bits per heavy atom. The second kappa shape index (κ2) is 21.6. The van der Waals surface area contributed by atoms with E-state index in [0.717, 1.165) is 117 Å². The summed E-state index contributed by atoms with van der Waals surface area (Å²) in [6.45, 7) is 27.5. The van der Waals surface area contributed by atoms with Crippen LogP contribution >= 0.6 is 11.8 Å². The first-order valence-corrected chi connectivity index (χ1v) is 32.5. The molecule has 13 aromatic rings. The number of anilines is 6. The maximum atomic E-state index is 7.65. The molecule has 2 aromatic heterocycles. The summed E-state index contributed by atoms with van der Waals surface area (Å²) in [7, 11) is 0. The number of fused-ring (bicyclic) bond motifs is 11. The van der Waals surface area contributed by atoms with Gasteiger partial charge in [0, 0.05) is 60.7 Å². The Kier molecular flexibility index (Phi) is 14.0. The quantitative estimate of drug-likeness (QED) is 0.121. The van der Waals surface area contributed by atoms with E-state index in [4.69, 9.17) is 8.83 Å². The van der Waals surface area contributed by atoms with Crippen molar-refractivity contribution in [3.05, 3.63) is 293 Å². The Bertz CT molecular complexity index is 4760. The summed E-state index contributed by atoms with van der Waals surface area (Å²) >= 11 is 1.88. The average molecular weight is 1180 g/mol. The van der Waals surface area contributed by atoms with E-state index in [9.17, 15) is 0 Å². The third kappa shape index (κ3) is 10.0. The first-order valence-electron chi connectivity index (χ1n) is 31.5. The lowest BCUT2D eigenvalue weighted by atomic mass is 9.67. The van der Waals surface area contributed by atoms with Gasteiger partial charge in [-0.15, -0.1) is 11.8 Å². The molecule has 0 saturated heterocycles. The fraction of sp³-hybridized carbons (Fsp3) is 0.214. The summed E-state index contributed by atoms with van der Waals surface area (Å²) < 4.78 is 15.1. The van der Waals surface area contributed by atoms with E-state index in [2.05, 4.69) is 336 Å². The zero-order valence-electron chi connectivity index (χ0n) is 53.4. The highest BCUT2D eigenvalue weighted by Crippen LogP contribution is 2.65. The van der Waals surface area contributed by atoms with E-state index in [1.54, 1.807) is 0 Å². The molecule has 1 atom stereocenters. The normalized spacial score (nSPS) is 14.4. The van der Waals surface area contributed by atoms with Gasteiger partial charge in [-0.05, 0) is 157 Å². The van der Waals surface area contributed by atoms with Gasteiger partial charge in [-0.1, -0.05) is 241 Å². The van der Waals surface area contributed by atoms with Crippen LogP contribution in [0.15, 0.2) is 256 Å². The molecule has 0 bridgehead atoms. The number of thioether (sulfide) groups is 1. The van der Waals surface area contributed by atoms with Crippen LogP contribution in [0.4, 0.5) is 34.1 Å². The number of hydrogen-bond acceptors (Lipinski definition) is 5. The zero-order chi connectivity index (χ0) is 61.8. The van der Waals surface area contributed by atoms with E-state index in [-0.39, 0.29) is 21.7 Å². The second-order valence-electron chi connectivity index (χ2n) is 28.5. The fourth-order valence-corrected chi connectivity index (χ4v) is 14.5. The van der Waals surface area contributed by atoms with Crippen LogP contribution in [-0.2, 0) is 32.8 Å². The van der Waals surface area contributed by atoms with Gasteiger partial charge >= 0.3 is 0 Å². The van der Waals surface area contributed by atoms with Gasteiger partial charge in [0.25, 0.3) is 0 Å². The number of rotatable bonds is 11. The lowest BCUT2D eigenvalue weighted by Crippen LogP contribution is -2.29. The topological polar surface area (TPSA) is 32.8 Å². The van der Waals surface area contributed by atoms with Gasteiger partial charge in [0.2, 0.25) is 0 Å². The summed E-state index contributed by atoms with van der Waals surface area (Å²) in [5.74, 6) is 0.856. The van der Waals surface area contributed by atoms with Gasteiger partial charge in [0.15, 0.2) is 5.58 Å². The maximum Gasteiger partial charge on any atom is 0.160 e. The number of para-hydroxylation sites is 4. The average Bonchev–Trinajstić information content (AvgIpc) is 1.54. The SMILES string of the molecule is CC(C)(C)c1ccc(CSc2ccc(C3(c4ccc(C(C)(C)C)cc4)c4cc(N(c5ccccc5)c5ccc(C(C)(C)C)cc5)c5c(oc6ccccc65)c4-c4c3cc(N(c3ccccc3)c3ccc(C(C)(C)C)cc3)c3oc5ccccc5c43)cc2)cc1. The molecule has 89 heavy (non-hydrogen) atoms. The van der Waals surface area contributed by atoms with Crippen molar-refractivity contribution in [2.45, 2.75) is 121 Å². The molecule has 0 radical (unpaired) electrons. The first-order chi connectivity index (χ1) is 42.7. The standard InChI is InChI=1S/C84H78N2O2S/c1-80(2,3)55-33-31-54(32-34-55)53-89-65-49-43-60(44-50-65)84(59-37-35-56(36-38-59)81(4,5)6)68-52-71(86(62-25-17-14-18-26-62)64-47-41-58(42-48-64)83(10,11)12)78-75(67-28-20-22-30-73(67)87-78)76(68)77-69(84)51-70(74-66-27-19-21-29-72(66)88-79(74)77)85(61-23-15-13-16-24-61)63-45-39-57(40-46-63)82(7,8)9/h13-52H,53H2,1-12H3. The van der Waals surface area contributed by atoms with Crippen molar-refractivity contribution in [1.82, 2.24) is 0 Å². The van der Waals surface area contributed by atoms with Crippen molar-refractivity contribution in [2.75, 3.05) is 9.80 Å². The van der Waals surface area contributed by atoms with Crippen molar-refractivity contribution in [3.63, 3.8) is 0 Å². The summed E-state index contributed by atoms with van der Waals surface area (Å²) in [6, 6.07) is 90.7. The van der Waals surface area contributed by atoms with Crippen LogP contribution in [0, 0.1) is 0 Å². The molecular weight excluding hydrogens is 1100 g/mol. The molecular formula is C84H78N2O2S. The summed E-state index contributed by atoms with van der Waals surface area (Å²) in [5, 5.41) is 4.19. The highest BCUT2D eigenvalue weighted by molar-refractivity contribution is 7.98. The van der Waals surface area contributed by atoms with Gasteiger partial charge in [-0.25, -0.2) is 0 Å². The van der Waals surface area contributed by atoms with E-state index < -0.39 is 5.41 Å². The van der Waals surface area contributed by atoms with Crippen LogP contribution in [0.25, 0.3) is 55.0 Å². The number of hydrogen-bond donors (Lipinski definition) is 0. The number of furan rings is 2. The first kappa shape index (κ1) is 57.7. The third-order valence-corrected chi connectivity index (χ3v) is 19.6. The zero-order valence-corrected chi connectivity index (χ0v) is 54.2. The lowest BCUT2D eigenvalue weighted by molar-refractivity contribution is 0.589. The highest BCUT2D eigenvalue weighted by atomic mass is 32.2.